The van der Waals surface area contributed by atoms with Crippen molar-refractivity contribution in [3.63, 3.8) is 0 Å². The topological polar surface area (TPSA) is 67.2 Å². The highest BCUT2D eigenvalue weighted by Gasteiger charge is 2.25. The van der Waals surface area contributed by atoms with E-state index in [0.717, 1.165) is 22.5 Å². The van der Waals surface area contributed by atoms with E-state index >= 15 is 0 Å². The Kier molecular flexibility index (Phi) is 5.03. The van der Waals surface area contributed by atoms with Gasteiger partial charge in [0, 0.05) is 28.7 Å². The van der Waals surface area contributed by atoms with Crippen LogP contribution in [0.4, 0.5) is 11.4 Å². The second-order valence-electron chi connectivity index (χ2n) is 7.85. The first-order valence-electron chi connectivity index (χ1n) is 10.5. The third-order valence-corrected chi connectivity index (χ3v) is 5.75. The first-order chi connectivity index (χ1) is 15.6. The Morgan fingerprint density at radius 3 is 2.44 bits per heavy atom. The van der Waals surface area contributed by atoms with Crippen molar-refractivity contribution < 1.29 is 9.59 Å². The molecule has 158 valence electrons. The van der Waals surface area contributed by atoms with Crippen LogP contribution in [0.2, 0.25) is 0 Å². The van der Waals surface area contributed by atoms with E-state index in [2.05, 4.69) is 10.4 Å². The lowest BCUT2D eigenvalue weighted by Gasteiger charge is -2.22. The van der Waals surface area contributed by atoms with Gasteiger partial charge in [-0.3, -0.25) is 14.3 Å². The standard InChI is InChI=1S/C26H22N4O2/c1-18-6-2-4-8-23(18)25(31)28-21-12-10-19(11-13-21)26(32)29-17-22-14-15-27-30(22)16-20-7-3-5-9-24(20)29/h2-15H,16-17H2,1H3,(H,28,31). The number of aromatic nitrogens is 2. The summed E-state index contributed by atoms with van der Waals surface area (Å²) in [4.78, 5) is 27.8. The van der Waals surface area contributed by atoms with E-state index < -0.39 is 0 Å². The van der Waals surface area contributed by atoms with Crippen LogP contribution in [0.1, 0.15) is 37.5 Å². The maximum absolute atomic E-state index is 13.5. The van der Waals surface area contributed by atoms with Gasteiger partial charge < -0.3 is 10.2 Å². The summed E-state index contributed by atoms with van der Waals surface area (Å²) in [7, 11) is 0. The van der Waals surface area contributed by atoms with E-state index in [-0.39, 0.29) is 11.8 Å². The maximum Gasteiger partial charge on any atom is 0.258 e. The fourth-order valence-electron chi connectivity index (χ4n) is 4.01. The van der Waals surface area contributed by atoms with E-state index in [9.17, 15) is 9.59 Å². The van der Waals surface area contributed by atoms with Crippen LogP contribution in [-0.4, -0.2) is 21.6 Å². The summed E-state index contributed by atoms with van der Waals surface area (Å²) in [5, 5.41) is 7.30. The van der Waals surface area contributed by atoms with Gasteiger partial charge in [-0.1, -0.05) is 36.4 Å². The van der Waals surface area contributed by atoms with E-state index in [4.69, 9.17) is 0 Å². The number of fused-ring (bicyclic) bond motifs is 2. The Labute approximate surface area is 186 Å². The number of hydrogen-bond donors (Lipinski definition) is 1. The highest BCUT2D eigenvalue weighted by atomic mass is 16.2. The van der Waals surface area contributed by atoms with Crippen LogP contribution < -0.4 is 10.2 Å². The van der Waals surface area contributed by atoms with Crippen molar-refractivity contribution in [1.29, 1.82) is 0 Å². The van der Waals surface area contributed by atoms with Crippen LogP contribution in [-0.2, 0) is 13.1 Å². The molecule has 5 rings (SSSR count). The van der Waals surface area contributed by atoms with E-state index in [1.54, 1.807) is 41.4 Å². The van der Waals surface area contributed by atoms with Crippen molar-refractivity contribution in [2.24, 2.45) is 0 Å². The molecule has 32 heavy (non-hydrogen) atoms. The number of nitrogens with one attached hydrogen (secondary N) is 1. The third kappa shape index (κ3) is 3.67. The number of amides is 2. The van der Waals surface area contributed by atoms with Gasteiger partial charge in [-0.2, -0.15) is 5.10 Å². The van der Waals surface area contributed by atoms with E-state index in [0.29, 0.717) is 29.9 Å². The average Bonchev–Trinajstić information content (AvgIpc) is 3.18. The SMILES string of the molecule is Cc1ccccc1C(=O)Nc1ccc(C(=O)N2Cc3ccnn3Cc3ccccc32)cc1. The van der Waals surface area contributed by atoms with Gasteiger partial charge in [-0.25, -0.2) is 0 Å². The van der Waals surface area contributed by atoms with Crippen LogP contribution in [0.15, 0.2) is 85.1 Å². The minimum atomic E-state index is -0.170. The minimum Gasteiger partial charge on any atom is -0.322 e. The molecule has 0 fully saturated rings. The number of benzene rings is 3. The molecule has 1 aliphatic heterocycles. The molecule has 0 saturated heterocycles. The van der Waals surface area contributed by atoms with Crippen LogP contribution >= 0.6 is 0 Å². The smallest absolute Gasteiger partial charge is 0.258 e. The predicted octanol–water partition coefficient (Wildman–Crippen LogP) is 4.65. The lowest BCUT2D eigenvalue weighted by Crippen LogP contribution is -2.30. The molecule has 6 heteroatoms. The zero-order valence-corrected chi connectivity index (χ0v) is 17.7. The van der Waals surface area contributed by atoms with E-state index in [1.807, 2.05) is 60.1 Å². The summed E-state index contributed by atoms with van der Waals surface area (Å²) in [6.45, 7) is 2.98. The molecule has 0 saturated carbocycles. The van der Waals surface area contributed by atoms with Crippen molar-refractivity contribution in [3.8, 4) is 0 Å². The molecule has 2 heterocycles. The van der Waals surface area contributed by atoms with Gasteiger partial charge in [0.25, 0.3) is 11.8 Å². The molecule has 2 amide bonds. The average molecular weight is 422 g/mol. The lowest BCUT2D eigenvalue weighted by atomic mass is 10.1. The summed E-state index contributed by atoms with van der Waals surface area (Å²) in [6, 6.07) is 24.3. The molecule has 0 atom stereocenters. The number of hydrogen-bond acceptors (Lipinski definition) is 3. The Balaban J connectivity index is 1.39. The van der Waals surface area contributed by atoms with Crippen molar-refractivity contribution in [2.45, 2.75) is 20.0 Å². The molecule has 3 aromatic carbocycles. The van der Waals surface area contributed by atoms with Crippen LogP contribution in [0.5, 0.6) is 0 Å². The number of nitrogens with zero attached hydrogens (tertiary/aromatic N) is 3. The van der Waals surface area contributed by atoms with Gasteiger partial charge in [0.15, 0.2) is 0 Å². The molecule has 4 aromatic rings. The second kappa shape index (κ2) is 8.15. The van der Waals surface area contributed by atoms with Crippen LogP contribution in [0, 0.1) is 6.92 Å². The van der Waals surface area contributed by atoms with Crippen LogP contribution in [0.25, 0.3) is 0 Å². The highest BCUT2D eigenvalue weighted by molar-refractivity contribution is 6.08. The number of aryl methyl sites for hydroxylation is 1. The van der Waals surface area contributed by atoms with Crippen molar-refractivity contribution in [2.75, 3.05) is 10.2 Å². The Morgan fingerprint density at radius 1 is 0.875 bits per heavy atom. The molecule has 1 aliphatic rings. The van der Waals surface area contributed by atoms with Gasteiger partial charge in [0.2, 0.25) is 0 Å². The number of carbonyl (C=O) groups is 2. The summed E-state index contributed by atoms with van der Waals surface area (Å²) < 4.78 is 1.93. The Bertz CT molecular complexity index is 1310. The fourth-order valence-corrected chi connectivity index (χ4v) is 4.01. The Hall–Kier alpha value is -4.19. The molecular formula is C26H22N4O2. The molecule has 0 aliphatic carbocycles. The summed E-state index contributed by atoms with van der Waals surface area (Å²) in [6.07, 6.45) is 1.76. The predicted molar refractivity (Wildman–Crippen MR) is 124 cm³/mol. The number of carbonyl (C=O) groups excluding carboxylic acids is 2. The van der Waals surface area contributed by atoms with Crippen molar-refractivity contribution in [3.05, 3.63) is 113 Å². The second-order valence-corrected chi connectivity index (χ2v) is 7.85. The van der Waals surface area contributed by atoms with Crippen LogP contribution in [0.3, 0.4) is 0 Å². The fraction of sp³-hybridized carbons (Fsp3) is 0.115. The summed E-state index contributed by atoms with van der Waals surface area (Å²) >= 11 is 0. The zero-order chi connectivity index (χ0) is 22.1. The number of anilines is 2. The van der Waals surface area contributed by atoms with Crippen molar-refractivity contribution >= 4 is 23.2 Å². The minimum absolute atomic E-state index is 0.0936. The van der Waals surface area contributed by atoms with Gasteiger partial charge in [0.1, 0.15) is 0 Å². The molecule has 6 nitrogen and oxygen atoms in total. The normalized spacial score (nSPS) is 12.5. The molecule has 1 aromatic heterocycles. The molecular weight excluding hydrogens is 400 g/mol. The number of rotatable bonds is 3. The largest absolute Gasteiger partial charge is 0.322 e. The molecule has 0 unspecified atom stereocenters. The number of para-hydroxylation sites is 1. The molecule has 0 radical (unpaired) electrons. The first-order valence-corrected chi connectivity index (χ1v) is 10.5. The van der Waals surface area contributed by atoms with Crippen molar-refractivity contribution in [1.82, 2.24) is 9.78 Å². The highest BCUT2D eigenvalue weighted by Crippen LogP contribution is 2.28. The molecule has 0 bridgehead atoms. The first kappa shape index (κ1) is 19.8. The molecule has 0 spiro atoms. The zero-order valence-electron chi connectivity index (χ0n) is 17.7. The van der Waals surface area contributed by atoms with Gasteiger partial charge in [-0.05, 0) is 60.5 Å². The van der Waals surface area contributed by atoms with Gasteiger partial charge >= 0.3 is 0 Å². The molecule has 1 N–H and O–H groups in total. The third-order valence-electron chi connectivity index (χ3n) is 5.75. The maximum atomic E-state index is 13.5. The van der Waals surface area contributed by atoms with Gasteiger partial charge in [-0.15, -0.1) is 0 Å². The monoisotopic (exact) mass is 422 g/mol. The lowest BCUT2D eigenvalue weighted by molar-refractivity contribution is 0.0983. The van der Waals surface area contributed by atoms with Gasteiger partial charge in [0.05, 0.1) is 18.8 Å². The quantitative estimate of drug-likeness (QED) is 0.522. The summed E-state index contributed by atoms with van der Waals surface area (Å²) in [5.41, 5.74) is 5.66. The summed E-state index contributed by atoms with van der Waals surface area (Å²) in [5.74, 6) is -0.263. The van der Waals surface area contributed by atoms with E-state index in [1.165, 1.54) is 0 Å². The Morgan fingerprint density at radius 2 is 1.62 bits per heavy atom.